The largest absolute Gasteiger partial charge is 2.00 e. The van der Waals surface area contributed by atoms with Crippen LogP contribution in [0.25, 0.3) is 10.9 Å². The first-order valence-corrected chi connectivity index (χ1v) is 4.96. The standard InChI is InChI=1S/C10H8N2S2.Cd/c13-10(14)12-9-5-6-11-8-4-2-1-3-7(8)9;/h1-6H,(H2,11,12,13,14);/q;+2. The van der Waals surface area contributed by atoms with Gasteiger partial charge in [-0.1, -0.05) is 30.4 Å². The fraction of sp³-hybridized carbons (Fsp3) is 0. The Hall–Kier alpha value is -0.208. The second-order valence-corrected chi connectivity index (χ2v) is 3.96. The van der Waals surface area contributed by atoms with Gasteiger partial charge in [0, 0.05) is 11.6 Å². The van der Waals surface area contributed by atoms with Crippen molar-refractivity contribution in [3.63, 3.8) is 0 Å². The number of hydrogen-bond acceptors (Lipinski definition) is 2. The fourth-order valence-electron chi connectivity index (χ4n) is 1.32. The summed E-state index contributed by atoms with van der Waals surface area (Å²) in [5.74, 6) is 0. The van der Waals surface area contributed by atoms with E-state index in [0.717, 1.165) is 16.6 Å². The maximum Gasteiger partial charge on any atom is 2.00 e. The van der Waals surface area contributed by atoms with Gasteiger partial charge in [0.25, 0.3) is 0 Å². The van der Waals surface area contributed by atoms with Gasteiger partial charge in [-0.2, -0.15) is 0 Å². The molecule has 1 N–H and O–H groups in total. The van der Waals surface area contributed by atoms with E-state index < -0.39 is 0 Å². The first kappa shape index (κ1) is 12.9. The number of thiol groups is 1. The number of aromatic nitrogens is 1. The van der Waals surface area contributed by atoms with E-state index >= 15 is 0 Å². The molecular weight excluding hydrogens is 325 g/mol. The molecule has 0 fully saturated rings. The van der Waals surface area contributed by atoms with Gasteiger partial charge in [0.2, 0.25) is 0 Å². The Bertz CT molecular complexity index is 482. The zero-order chi connectivity index (χ0) is 9.97. The van der Waals surface area contributed by atoms with Crippen molar-refractivity contribution in [2.75, 3.05) is 5.32 Å². The van der Waals surface area contributed by atoms with E-state index in [0.29, 0.717) is 4.32 Å². The summed E-state index contributed by atoms with van der Waals surface area (Å²) in [5, 5.41) is 4.05. The molecular formula is C10H8CdN2S2+2. The molecule has 0 atom stereocenters. The predicted octanol–water partition coefficient (Wildman–Crippen LogP) is 2.86. The van der Waals surface area contributed by atoms with Gasteiger partial charge in [0.1, 0.15) is 4.32 Å². The third-order valence-corrected chi connectivity index (χ3v) is 2.10. The summed E-state index contributed by atoms with van der Waals surface area (Å²) in [4.78, 5) is 4.24. The minimum Gasteiger partial charge on any atom is -0.341 e. The molecule has 2 aromatic rings. The third kappa shape index (κ3) is 3.12. The second-order valence-electron chi connectivity index (χ2n) is 2.81. The van der Waals surface area contributed by atoms with Gasteiger partial charge < -0.3 is 5.32 Å². The van der Waals surface area contributed by atoms with Gasteiger partial charge >= 0.3 is 27.3 Å². The van der Waals surface area contributed by atoms with Crippen LogP contribution in [0.4, 0.5) is 5.69 Å². The number of pyridine rings is 1. The van der Waals surface area contributed by atoms with Crippen LogP contribution in [-0.4, -0.2) is 9.30 Å². The number of fused-ring (bicyclic) bond motifs is 1. The molecule has 5 heteroatoms. The number of rotatable bonds is 1. The number of benzene rings is 1. The van der Waals surface area contributed by atoms with Crippen molar-refractivity contribution in [2.24, 2.45) is 0 Å². The minimum absolute atomic E-state index is 0. The van der Waals surface area contributed by atoms with Gasteiger partial charge in [-0.05, 0) is 12.1 Å². The van der Waals surface area contributed by atoms with Crippen molar-refractivity contribution >= 4 is 45.8 Å². The van der Waals surface area contributed by atoms with Crippen LogP contribution in [0.1, 0.15) is 0 Å². The Morgan fingerprint density at radius 1 is 1.27 bits per heavy atom. The number of nitrogens with zero attached hydrogens (tertiary/aromatic N) is 1. The van der Waals surface area contributed by atoms with E-state index in [1.807, 2.05) is 30.3 Å². The summed E-state index contributed by atoms with van der Waals surface area (Å²) in [5.41, 5.74) is 1.89. The Labute approximate surface area is 119 Å². The average Bonchev–Trinajstić information content (AvgIpc) is 2.18. The first-order valence-electron chi connectivity index (χ1n) is 4.11. The number of hydrogen-bond donors (Lipinski definition) is 2. The molecule has 0 aliphatic rings. The van der Waals surface area contributed by atoms with Crippen LogP contribution in [0.3, 0.4) is 0 Å². The molecule has 1 heterocycles. The van der Waals surface area contributed by atoms with Gasteiger partial charge in [0.05, 0.1) is 11.2 Å². The normalized spacial score (nSPS) is 9.40. The van der Waals surface area contributed by atoms with Crippen LogP contribution >= 0.6 is 24.8 Å². The summed E-state index contributed by atoms with van der Waals surface area (Å²) in [6.07, 6.45) is 1.75. The molecule has 2 rings (SSSR count). The minimum atomic E-state index is 0. The van der Waals surface area contributed by atoms with E-state index in [-0.39, 0.29) is 27.3 Å². The zero-order valence-electron chi connectivity index (χ0n) is 7.97. The summed E-state index contributed by atoms with van der Waals surface area (Å²) in [7, 11) is 0. The van der Waals surface area contributed by atoms with Gasteiger partial charge in [0.15, 0.2) is 0 Å². The maximum absolute atomic E-state index is 4.87. The smallest absolute Gasteiger partial charge is 0.341 e. The third-order valence-electron chi connectivity index (χ3n) is 1.89. The quantitative estimate of drug-likeness (QED) is 0.477. The molecule has 0 saturated heterocycles. The Kier molecular flexibility index (Phi) is 4.94. The molecule has 15 heavy (non-hydrogen) atoms. The van der Waals surface area contributed by atoms with Crippen molar-refractivity contribution < 1.29 is 27.3 Å². The molecule has 0 saturated carbocycles. The molecule has 70 valence electrons. The molecule has 0 spiro atoms. The SMILES string of the molecule is S=C(S)Nc1ccnc2ccccc12.[Cd+2]. The monoisotopic (exact) mass is 334 g/mol. The molecule has 0 unspecified atom stereocenters. The number of nitrogens with one attached hydrogen (secondary N) is 1. The van der Waals surface area contributed by atoms with E-state index in [4.69, 9.17) is 12.2 Å². The first-order chi connectivity index (χ1) is 6.77. The Morgan fingerprint density at radius 3 is 2.73 bits per heavy atom. The van der Waals surface area contributed by atoms with E-state index in [1.54, 1.807) is 6.20 Å². The molecule has 0 amide bonds. The number of thiocarbonyl (C=S) groups is 1. The van der Waals surface area contributed by atoms with Crippen LogP contribution in [0.15, 0.2) is 36.5 Å². The molecule has 0 aliphatic heterocycles. The van der Waals surface area contributed by atoms with Crippen LogP contribution in [-0.2, 0) is 27.3 Å². The van der Waals surface area contributed by atoms with Crippen molar-refractivity contribution in [3.8, 4) is 0 Å². The summed E-state index contributed by atoms with van der Waals surface area (Å²) in [6, 6.07) is 9.76. The second kappa shape index (κ2) is 5.76. The Morgan fingerprint density at radius 2 is 2.00 bits per heavy atom. The number of para-hydroxylation sites is 1. The van der Waals surface area contributed by atoms with Crippen LogP contribution in [0.2, 0.25) is 0 Å². The molecule has 0 aliphatic carbocycles. The molecule has 2 nitrogen and oxygen atoms in total. The molecule has 0 radical (unpaired) electrons. The Balaban J connectivity index is 0.00000112. The summed E-state index contributed by atoms with van der Waals surface area (Å²) < 4.78 is 0.460. The van der Waals surface area contributed by atoms with Crippen LogP contribution < -0.4 is 5.32 Å². The van der Waals surface area contributed by atoms with Gasteiger partial charge in [-0.3, -0.25) is 4.98 Å². The van der Waals surface area contributed by atoms with Gasteiger partial charge in [-0.25, -0.2) is 0 Å². The van der Waals surface area contributed by atoms with Crippen LogP contribution in [0, 0.1) is 0 Å². The topological polar surface area (TPSA) is 24.9 Å². The predicted molar refractivity (Wildman–Crippen MR) is 66.9 cm³/mol. The van der Waals surface area contributed by atoms with Crippen molar-refractivity contribution in [1.29, 1.82) is 0 Å². The van der Waals surface area contributed by atoms with Gasteiger partial charge in [-0.15, -0.1) is 12.6 Å². The molecule has 1 aromatic carbocycles. The summed E-state index contributed by atoms with van der Waals surface area (Å²) >= 11 is 8.91. The van der Waals surface area contributed by atoms with E-state index in [2.05, 4.69) is 22.9 Å². The van der Waals surface area contributed by atoms with Crippen molar-refractivity contribution in [3.05, 3.63) is 36.5 Å². The maximum atomic E-state index is 4.87. The fourth-order valence-corrected chi connectivity index (χ4v) is 1.55. The zero-order valence-corrected chi connectivity index (χ0v) is 13.7. The molecule has 1 aromatic heterocycles. The van der Waals surface area contributed by atoms with Crippen LogP contribution in [0.5, 0.6) is 0 Å². The summed E-state index contributed by atoms with van der Waals surface area (Å²) in [6.45, 7) is 0. The van der Waals surface area contributed by atoms with E-state index in [9.17, 15) is 0 Å². The van der Waals surface area contributed by atoms with Crippen molar-refractivity contribution in [2.45, 2.75) is 0 Å². The number of anilines is 1. The van der Waals surface area contributed by atoms with Crippen molar-refractivity contribution in [1.82, 2.24) is 4.98 Å². The average molecular weight is 333 g/mol. The molecule has 0 bridgehead atoms. The van der Waals surface area contributed by atoms with E-state index in [1.165, 1.54) is 0 Å².